The molecule has 0 aliphatic carbocycles. The smallest absolute Gasteiger partial charge is 0.0648 e. The van der Waals surface area contributed by atoms with E-state index in [1.54, 1.807) is 12.2 Å². The molecule has 3 nitrogen and oxygen atoms in total. The summed E-state index contributed by atoms with van der Waals surface area (Å²) in [6, 6.07) is 9.37. The van der Waals surface area contributed by atoms with Crippen molar-refractivity contribution in [1.82, 2.24) is 4.90 Å². The van der Waals surface area contributed by atoms with E-state index >= 15 is 0 Å². The number of benzene rings is 2. The van der Waals surface area contributed by atoms with Crippen molar-refractivity contribution in [3.05, 3.63) is 94.1 Å². The number of hydrogen-bond donors (Lipinski definition) is 0. The zero-order chi connectivity index (χ0) is 23.7. The minimum Gasteiger partial charge on any atom is -0.376 e. The zero-order valence-corrected chi connectivity index (χ0v) is 21.0. The highest BCUT2D eigenvalue weighted by atomic mass is 16.5. The van der Waals surface area contributed by atoms with Crippen molar-refractivity contribution in [2.45, 2.75) is 60.7 Å². The minimum absolute atomic E-state index is 0.124. The molecule has 174 valence electrons. The lowest BCUT2D eigenvalue weighted by Crippen LogP contribution is -2.41. The first-order chi connectivity index (χ1) is 15.3. The van der Waals surface area contributed by atoms with Gasteiger partial charge in [0.1, 0.15) is 0 Å². The predicted octanol–water partition coefficient (Wildman–Crippen LogP) is 6.31. The molecule has 0 aliphatic rings. The molecule has 0 saturated heterocycles. The van der Waals surface area contributed by atoms with E-state index in [0.717, 1.165) is 13.1 Å². The SMILES string of the molecule is C=CCOCC(COCC=C)N(Cc1cc(C)c(C)c(C)c1)Cc1cc(C)c(C)c(C)c1. The Kier molecular flexibility index (Phi) is 10.4. The molecule has 0 fully saturated rings. The summed E-state index contributed by atoms with van der Waals surface area (Å²) in [7, 11) is 0. The summed E-state index contributed by atoms with van der Waals surface area (Å²) < 4.78 is 11.8. The van der Waals surface area contributed by atoms with E-state index < -0.39 is 0 Å². The Morgan fingerprint density at radius 3 is 1.34 bits per heavy atom. The van der Waals surface area contributed by atoms with Crippen molar-refractivity contribution in [2.24, 2.45) is 0 Å². The molecule has 2 aromatic carbocycles. The third kappa shape index (κ3) is 7.44. The molecule has 0 aliphatic heterocycles. The van der Waals surface area contributed by atoms with E-state index in [9.17, 15) is 0 Å². The molecule has 0 bridgehead atoms. The van der Waals surface area contributed by atoms with Gasteiger partial charge in [-0.3, -0.25) is 4.90 Å². The first-order valence-corrected chi connectivity index (χ1v) is 11.5. The van der Waals surface area contributed by atoms with Crippen LogP contribution in [0.25, 0.3) is 0 Å². The Balaban J connectivity index is 2.37. The van der Waals surface area contributed by atoms with Gasteiger partial charge in [-0.05, 0) is 86.1 Å². The van der Waals surface area contributed by atoms with Crippen LogP contribution in [0.3, 0.4) is 0 Å². The molecule has 0 saturated carbocycles. The summed E-state index contributed by atoms with van der Waals surface area (Å²) in [5.41, 5.74) is 10.7. The van der Waals surface area contributed by atoms with Crippen LogP contribution >= 0.6 is 0 Å². The van der Waals surface area contributed by atoms with E-state index in [0.29, 0.717) is 26.4 Å². The van der Waals surface area contributed by atoms with Gasteiger partial charge in [0.2, 0.25) is 0 Å². The first kappa shape index (κ1) is 26.1. The second-order valence-electron chi connectivity index (χ2n) is 8.92. The summed E-state index contributed by atoms with van der Waals surface area (Å²) in [5, 5.41) is 0. The number of nitrogens with zero attached hydrogens (tertiary/aromatic N) is 1. The molecule has 0 unspecified atom stereocenters. The zero-order valence-electron chi connectivity index (χ0n) is 21.0. The monoisotopic (exact) mass is 435 g/mol. The minimum atomic E-state index is 0.124. The molecule has 0 spiro atoms. The van der Waals surface area contributed by atoms with Crippen molar-refractivity contribution in [3.63, 3.8) is 0 Å². The third-order valence-corrected chi connectivity index (χ3v) is 6.35. The first-order valence-electron chi connectivity index (χ1n) is 11.5. The fourth-order valence-electron chi connectivity index (χ4n) is 4.05. The molecular formula is C29H41NO2. The van der Waals surface area contributed by atoms with Gasteiger partial charge in [0, 0.05) is 13.1 Å². The molecule has 0 radical (unpaired) electrons. The fourth-order valence-corrected chi connectivity index (χ4v) is 4.05. The summed E-state index contributed by atoms with van der Waals surface area (Å²) in [6.07, 6.45) is 3.59. The predicted molar refractivity (Wildman–Crippen MR) is 136 cm³/mol. The van der Waals surface area contributed by atoms with Gasteiger partial charge in [0.15, 0.2) is 0 Å². The molecule has 32 heavy (non-hydrogen) atoms. The highest BCUT2D eigenvalue weighted by molar-refractivity contribution is 5.38. The van der Waals surface area contributed by atoms with Gasteiger partial charge < -0.3 is 9.47 Å². The molecule has 0 aromatic heterocycles. The third-order valence-electron chi connectivity index (χ3n) is 6.35. The van der Waals surface area contributed by atoms with Crippen LogP contribution in [-0.4, -0.2) is 37.4 Å². The maximum atomic E-state index is 5.90. The molecule has 0 amide bonds. The number of ether oxygens (including phenoxy) is 2. The Labute approximate surface area is 195 Å². The van der Waals surface area contributed by atoms with Gasteiger partial charge in [-0.25, -0.2) is 0 Å². The summed E-state index contributed by atoms with van der Waals surface area (Å²) in [5.74, 6) is 0. The molecule has 2 rings (SSSR count). The molecule has 3 heteroatoms. The van der Waals surface area contributed by atoms with Crippen molar-refractivity contribution >= 4 is 0 Å². The topological polar surface area (TPSA) is 21.7 Å². The summed E-state index contributed by atoms with van der Waals surface area (Å²) in [6.45, 7) is 24.7. The Morgan fingerprint density at radius 1 is 0.688 bits per heavy atom. The van der Waals surface area contributed by atoms with Crippen molar-refractivity contribution in [2.75, 3.05) is 26.4 Å². The van der Waals surface area contributed by atoms with E-state index in [1.807, 2.05) is 0 Å². The van der Waals surface area contributed by atoms with E-state index in [1.165, 1.54) is 44.5 Å². The van der Waals surface area contributed by atoms with E-state index in [2.05, 4.69) is 83.9 Å². The molecule has 0 heterocycles. The van der Waals surface area contributed by atoms with Crippen LogP contribution in [0.1, 0.15) is 44.5 Å². The lowest BCUT2D eigenvalue weighted by molar-refractivity contribution is 0.0109. The average molecular weight is 436 g/mol. The standard InChI is InChI=1S/C29H41NO2/c1-9-11-31-19-29(20-32-12-10-2)30(17-27-13-21(3)25(7)22(4)14-27)18-28-15-23(5)26(8)24(6)16-28/h9-10,13-16,29H,1-2,11-12,17-20H2,3-8H3. The number of hydrogen-bond acceptors (Lipinski definition) is 3. The normalized spacial score (nSPS) is 11.4. The van der Waals surface area contributed by atoms with Gasteiger partial charge in [0.05, 0.1) is 32.5 Å². The highest BCUT2D eigenvalue weighted by Gasteiger charge is 2.21. The Bertz CT molecular complexity index is 796. The van der Waals surface area contributed by atoms with E-state index in [-0.39, 0.29) is 6.04 Å². The summed E-state index contributed by atoms with van der Waals surface area (Å²) >= 11 is 0. The van der Waals surface area contributed by atoms with Gasteiger partial charge in [0.25, 0.3) is 0 Å². The Morgan fingerprint density at radius 2 is 1.03 bits per heavy atom. The van der Waals surface area contributed by atoms with Crippen LogP contribution in [0, 0.1) is 41.5 Å². The van der Waals surface area contributed by atoms with Crippen molar-refractivity contribution in [3.8, 4) is 0 Å². The highest BCUT2D eigenvalue weighted by Crippen LogP contribution is 2.22. The lowest BCUT2D eigenvalue weighted by Gasteiger charge is -2.32. The second-order valence-corrected chi connectivity index (χ2v) is 8.92. The van der Waals surface area contributed by atoms with E-state index in [4.69, 9.17) is 9.47 Å². The van der Waals surface area contributed by atoms with Crippen LogP contribution in [0.5, 0.6) is 0 Å². The molecular weight excluding hydrogens is 394 g/mol. The fraction of sp³-hybridized carbons (Fsp3) is 0.448. The van der Waals surface area contributed by atoms with Crippen molar-refractivity contribution < 1.29 is 9.47 Å². The Hall–Kier alpha value is -2.20. The quantitative estimate of drug-likeness (QED) is 0.272. The molecule has 2 aromatic rings. The largest absolute Gasteiger partial charge is 0.376 e. The summed E-state index contributed by atoms with van der Waals surface area (Å²) in [4.78, 5) is 2.49. The maximum absolute atomic E-state index is 5.90. The van der Waals surface area contributed by atoms with Crippen LogP contribution in [0.4, 0.5) is 0 Å². The van der Waals surface area contributed by atoms with Crippen LogP contribution in [0.2, 0.25) is 0 Å². The second kappa shape index (κ2) is 12.7. The van der Waals surface area contributed by atoms with Crippen LogP contribution < -0.4 is 0 Å². The van der Waals surface area contributed by atoms with Crippen LogP contribution in [-0.2, 0) is 22.6 Å². The average Bonchev–Trinajstić information content (AvgIpc) is 2.74. The number of rotatable bonds is 13. The van der Waals surface area contributed by atoms with Gasteiger partial charge >= 0.3 is 0 Å². The number of aryl methyl sites for hydroxylation is 4. The van der Waals surface area contributed by atoms with Gasteiger partial charge in [-0.1, -0.05) is 36.4 Å². The molecule has 0 atom stereocenters. The van der Waals surface area contributed by atoms with Gasteiger partial charge in [-0.15, -0.1) is 13.2 Å². The van der Waals surface area contributed by atoms with Gasteiger partial charge in [-0.2, -0.15) is 0 Å². The van der Waals surface area contributed by atoms with Crippen molar-refractivity contribution in [1.29, 1.82) is 0 Å². The van der Waals surface area contributed by atoms with Crippen LogP contribution in [0.15, 0.2) is 49.6 Å². The lowest BCUT2D eigenvalue weighted by atomic mass is 9.98. The maximum Gasteiger partial charge on any atom is 0.0648 e. The molecule has 0 N–H and O–H groups in total.